The lowest BCUT2D eigenvalue weighted by Gasteiger charge is -2.11. The van der Waals surface area contributed by atoms with E-state index in [1.54, 1.807) is 6.07 Å². The van der Waals surface area contributed by atoms with Crippen molar-refractivity contribution in [2.24, 2.45) is 0 Å². The van der Waals surface area contributed by atoms with Crippen molar-refractivity contribution in [3.05, 3.63) is 83.3 Å². The molecule has 0 fully saturated rings. The third-order valence-electron chi connectivity index (χ3n) is 4.12. The van der Waals surface area contributed by atoms with E-state index in [9.17, 15) is 5.11 Å². The Labute approximate surface area is 142 Å². The van der Waals surface area contributed by atoms with E-state index in [-0.39, 0.29) is 6.61 Å². The molecule has 1 heterocycles. The Bertz CT molecular complexity index is 787. The lowest BCUT2D eigenvalue weighted by molar-refractivity contribution is 0.186. The summed E-state index contributed by atoms with van der Waals surface area (Å²) in [5.74, 6) is 1.32. The second-order valence-electron chi connectivity index (χ2n) is 6.03. The zero-order valence-corrected chi connectivity index (χ0v) is 13.8. The minimum absolute atomic E-state index is 0.136. The first-order valence-corrected chi connectivity index (χ1v) is 8.22. The van der Waals surface area contributed by atoms with Crippen LogP contribution in [0.3, 0.4) is 0 Å². The molecule has 0 bridgehead atoms. The highest BCUT2D eigenvalue weighted by Crippen LogP contribution is 2.28. The SMILES string of the molecule is Cc1ccc(-c2cccc(C(O)c3ccc(CCCO)o3)c2)cc1. The van der Waals surface area contributed by atoms with Crippen LogP contribution in [0.5, 0.6) is 0 Å². The fourth-order valence-electron chi connectivity index (χ4n) is 2.73. The highest BCUT2D eigenvalue weighted by molar-refractivity contribution is 5.64. The van der Waals surface area contributed by atoms with Gasteiger partial charge in [-0.25, -0.2) is 0 Å². The average Bonchev–Trinajstić information content (AvgIpc) is 3.09. The van der Waals surface area contributed by atoms with Gasteiger partial charge >= 0.3 is 0 Å². The molecule has 3 heteroatoms. The minimum Gasteiger partial charge on any atom is -0.463 e. The molecule has 0 saturated carbocycles. The van der Waals surface area contributed by atoms with Crippen LogP contribution in [0.25, 0.3) is 11.1 Å². The molecule has 0 aliphatic heterocycles. The molecule has 3 nitrogen and oxygen atoms in total. The molecule has 3 aromatic rings. The fraction of sp³-hybridized carbons (Fsp3) is 0.238. The summed E-state index contributed by atoms with van der Waals surface area (Å²) in [6.45, 7) is 2.20. The van der Waals surface area contributed by atoms with Crippen LogP contribution in [0, 0.1) is 6.92 Å². The van der Waals surface area contributed by atoms with Gasteiger partial charge in [0, 0.05) is 13.0 Å². The summed E-state index contributed by atoms with van der Waals surface area (Å²) < 4.78 is 5.70. The Morgan fingerprint density at radius 3 is 2.50 bits per heavy atom. The lowest BCUT2D eigenvalue weighted by Crippen LogP contribution is -1.98. The van der Waals surface area contributed by atoms with Crippen molar-refractivity contribution in [1.29, 1.82) is 0 Å². The van der Waals surface area contributed by atoms with E-state index < -0.39 is 6.10 Å². The number of hydrogen-bond acceptors (Lipinski definition) is 3. The Hall–Kier alpha value is -2.36. The van der Waals surface area contributed by atoms with Crippen molar-refractivity contribution in [2.45, 2.75) is 25.9 Å². The number of hydrogen-bond donors (Lipinski definition) is 2. The zero-order chi connectivity index (χ0) is 16.9. The summed E-state index contributed by atoms with van der Waals surface area (Å²) in [7, 11) is 0. The monoisotopic (exact) mass is 322 g/mol. The van der Waals surface area contributed by atoms with E-state index in [1.807, 2.05) is 30.3 Å². The van der Waals surface area contributed by atoms with Gasteiger partial charge in [-0.3, -0.25) is 0 Å². The summed E-state index contributed by atoms with van der Waals surface area (Å²) in [4.78, 5) is 0. The van der Waals surface area contributed by atoms with E-state index in [0.717, 1.165) is 22.5 Å². The smallest absolute Gasteiger partial charge is 0.137 e. The zero-order valence-electron chi connectivity index (χ0n) is 13.8. The van der Waals surface area contributed by atoms with Crippen LogP contribution in [0.1, 0.15) is 35.2 Å². The van der Waals surface area contributed by atoms with Crippen molar-refractivity contribution >= 4 is 0 Å². The molecule has 124 valence electrons. The Morgan fingerprint density at radius 1 is 0.958 bits per heavy atom. The summed E-state index contributed by atoms with van der Waals surface area (Å²) in [6, 6.07) is 19.9. The maximum Gasteiger partial charge on any atom is 0.137 e. The van der Waals surface area contributed by atoms with Crippen molar-refractivity contribution in [1.82, 2.24) is 0 Å². The molecule has 1 aromatic heterocycles. The molecule has 0 aliphatic carbocycles. The molecule has 0 spiro atoms. The number of aliphatic hydroxyl groups is 2. The first-order valence-electron chi connectivity index (χ1n) is 8.22. The van der Waals surface area contributed by atoms with Gasteiger partial charge in [-0.2, -0.15) is 0 Å². The van der Waals surface area contributed by atoms with Gasteiger partial charge in [-0.05, 0) is 48.2 Å². The molecular formula is C21H22O3. The third kappa shape index (κ3) is 3.75. The van der Waals surface area contributed by atoms with Crippen molar-refractivity contribution in [3.63, 3.8) is 0 Å². The van der Waals surface area contributed by atoms with Crippen LogP contribution in [-0.4, -0.2) is 16.8 Å². The van der Waals surface area contributed by atoms with Gasteiger partial charge in [0.05, 0.1) is 0 Å². The maximum absolute atomic E-state index is 10.6. The molecule has 3 rings (SSSR count). The van der Waals surface area contributed by atoms with Crippen LogP contribution >= 0.6 is 0 Å². The van der Waals surface area contributed by atoms with Crippen LogP contribution in [-0.2, 0) is 6.42 Å². The molecule has 1 unspecified atom stereocenters. The Kier molecular flexibility index (Phi) is 5.14. The fourth-order valence-corrected chi connectivity index (χ4v) is 2.73. The highest BCUT2D eigenvalue weighted by Gasteiger charge is 2.15. The quantitative estimate of drug-likeness (QED) is 0.713. The van der Waals surface area contributed by atoms with Crippen molar-refractivity contribution in [2.75, 3.05) is 6.61 Å². The molecule has 1 atom stereocenters. The normalized spacial score (nSPS) is 12.3. The molecule has 0 radical (unpaired) electrons. The van der Waals surface area contributed by atoms with Crippen molar-refractivity contribution < 1.29 is 14.6 Å². The summed E-state index contributed by atoms with van der Waals surface area (Å²) in [5, 5.41) is 19.5. The second-order valence-corrected chi connectivity index (χ2v) is 6.03. The predicted molar refractivity (Wildman–Crippen MR) is 94.8 cm³/mol. The van der Waals surface area contributed by atoms with Gasteiger partial charge in [-0.15, -0.1) is 0 Å². The standard InChI is InChI=1S/C21H22O3/c1-15-7-9-16(10-8-15)17-4-2-5-18(14-17)21(23)20-12-11-19(24-20)6-3-13-22/h2,4-5,7-12,14,21-23H,3,6,13H2,1H3. The summed E-state index contributed by atoms with van der Waals surface area (Å²) in [6.07, 6.45) is 0.539. The average molecular weight is 322 g/mol. The molecule has 2 aromatic carbocycles. The summed E-state index contributed by atoms with van der Waals surface area (Å²) in [5.41, 5.74) is 4.22. The Balaban J connectivity index is 1.82. The number of aliphatic hydroxyl groups excluding tert-OH is 2. The lowest BCUT2D eigenvalue weighted by atomic mass is 9.99. The highest BCUT2D eigenvalue weighted by atomic mass is 16.4. The molecule has 0 amide bonds. The van der Waals surface area contributed by atoms with Crippen molar-refractivity contribution in [3.8, 4) is 11.1 Å². The molecular weight excluding hydrogens is 300 g/mol. The van der Waals surface area contributed by atoms with E-state index in [2.05, 4.69) is 31.2 Å². The predicted octanol–water partition coefficient (Wildman–Crippen LogP) is 4.26. The second kappa shape index (κ2) is 7.47. The van der Waals surface area contributed by atoms with Gasteiger partial charge in [0.25, 0.3) is 0 Å². The van der Waals surface area contributed by atoms with E-state index >= 15 is 0 Å². The number of aryl methyl sites for hydroxylation is 2. The molecule has 0 saturated heterocycles. The largest absolute Gasteiger partial charge is 0.463 e. The minimum atomic E-state index is -0.793. The number of rotatable bonds is 6. The van der Waals surface area contributed by atoms with Gasteiger partial charge < -0.3 is 14.6 Å². The first kappa shape index (κ1) is 16.5. The number of furan rings is 1. The Morgan fingerprint density at radius 2 is 1.75 bits per heavy atom. The van der Waals surface area contributed by atoms with E-state index in [1.165, 1.54) is 5.56 Å². The van der Waals surface area contributed by atoms with Crippen LogP contribution in [0.4, 0.5) is 0 Å². The van der Waals surface area contributed by atoms with Gasteiger partial charge in [0.2, 0.25) is 0 Å². The topological polar surface area (TPSA) is 53.6 Å². The van der Waals surface area contributed by atoms with E-state index in [4.69, 9.17) is 9.52 Å². The third-order valence-corrected chi connectivity index (χ3v) is 4.12. The molecule has 24 heavy (non-hydrogen) atoms. The van der Waals surface area contributed by atoms with Gasteiger partial charge in [0.1, 0.15) is 17.6 Å². The van der Waals surface area contributed by atoms with Crippen LogP contribution < -0.4 is 0 Å². The summed E-state index contributed by atoms with van der Waals surface area (Å²) >= 11 is 0. The van der Waals surface area contributed by atoms with E-state index in [0.29, 0.717) is 18.6 Å². The van der Waals surface area contributed by atoms with Gasteiger partial charge in [-0.1, -0.05) is 48.0 Å². The van der Waals surface area contributed by atoms with Crippen LogP contribution in [0.15, 0.2) is 65.1 Å². The molecule has 0 aliphatic rings. The first-order chi connectivity index (χ1) is 11.7. The number of benzene rings is 2. The van der Waals surface area contributed by atoms with Gasteiger partial charge in [0.15, 0.2) is 0 Å². The maximum atomic E-state index is 10.6. The molecule has 2 N–H and O–H groups in total. The van der Waals surface area contributed by atoms with Crippen LogP contribution in [0.2, 0.25) is 0 Å².